The average Bonchev–Trinajstić information content (AvgIpc) is 2.09. The molecule has 0 saturated carbocycles. The molecule has 72 valence electrons. The van der Waals surface area contributed by atoms with Gasteiger partial charge in [0.2, 0.25) is 5.91 Å². The maximum absolute atomic E-state index is 11.4. The van der Waals surface area contributed by atoms with Crippen molar-refractivity contribution in [1.82, 2.24) is 4.90 Å². The number of nitrogens with two attached hydrogens (primary N) is 1. The normalized spacial score (nSPS) is 18.5. The molecule has 5 nitrogen and oxygen atoms in total. The Labute approximate surface area is 76.1 Å². The zero-order chi connectivity index (χ0) is 10.0. The van der Waals surface area contributed by atoms with Gasteiger partial charge in [-0.15, -0.1) is 0 Å². The largest absolute Gasteiger partial charge is 0.300 e. The van der Waals surface area contributed by atoms with E-state index in [4.69, 9.17) is 5.90 Å². The van der Waals surface area contributed by atoms with Crippen molar-refractivity contribution >= 4 is 11.8 Å². The van der Waals surface area contributed by atoms with Gasteiger partial charge in [-0.1, -0.05) is 5.57 Å². The first-order valence-electron chi connectivity index (χ1n) is 3.89. The third kappa shape index (κ3) is 1.76. The van der Waals surface area contributed by atoms with Crippen LogP contribution in [0.25, 0.3) is 0 Å². The Hall–Kier alpha value is -1.20. The quantitative estimate of drug-likeness (QED) is 0.467. The lowest BCUT2D eigenvalue weighted by Gasteiger charge is -2.23. The lowest BCUT2D eigenvalue weighted by molar-refractivity contribution is -0.141. The maximum Gasteiger partial charge on any atom is 0.258 e. The molecule has 0 unspecified atom stereocenters. The lowest BCUT2D eigenvalue weighted by atomic mass is 10.0. The number of hydrogen-bond donors (Lipinski definition) is 1. The van der Waals surface area contributed by atoms with Crippen LogP contribution in [0.4, 0.5) is 0 Å². The summed E-state index contributed by atoms with van der Waals surface area (Å²) in [7, 11) is 1.45. The van der Waals surface area contributed by atoms with Crippen LogP contribution in [0, 0.1) is 0 Å². The van der Waals surface area contributed by atoms with Gasteiger partial charge in [-0.05, 0) is 6.92 Å². The number of imide groups is 1. The summed E-state index contributed by atoms with van der Waals surface area (Å²) in [4.78, 5) is 28.1. The number of nitrogens with zero attached hydrogens (tertiary/aromatic N) is 1. The van der Waals surface area contributed by atoms with Gasteiger partial charge < -0.3 is 0 Å². The molecular formula is C8H12N2O3. The van der Waals surface area contributed by atoms with E-state index < -0.39 is 0 Å². The Bertz CT molecular complexity index is 283. The molecule has 0 aliphatic carbocycles. The fraction of sp³-hybridized carbons (Fsp3) is 0.500. The fourth-order valence-electron chi connectivity index (χ4n) is 1.22. The van der Waals surface area contributed by atoms with Crippen LogP contribution in [0.15, 0.2) is 11.1 Å². The minimum atomic E-state index is -0.320. The molecule has 0 saturated heterocycles. The molecule has 0 aromatic rings. The van der Waals surface area contributed by atoms with Crippen LogP contribution >= 0.6 is 0 Å². The molecule has 0 aromatic heterocycles. The van der Waals surface area contributed by atoms with Crippen molar-refractivity contribution < 1.29 is 14.4 Å². The first kappa shape index (κ1) is 9.88. The second-order valence-electron chi connectivity index (χ2n) is 3.00. The van der Waals surface area contributed by atoms with Crippen LogP contribution < -0.4 is 5.90 Å². The highest BCUT2D eigenvalue weighted by Crippen LogP contribution is 2.18. The molecule has 1 aliphatic heterocycles. The number of carbonyl (C=O) groups is 2. The monoisotopic (exact) mass is 184 g/mol. The van der Waals surface area contributed by atoms with Crippen molar-refractivity contribution in [2.45, 2.75) is 13.3 Å². The van der Waals surface area contributed by atoms with E-state index in [9.17, 15) is 9.59 Å². The van der Waals surface area contributed by atoms with Crippen molar-refractivity contribution in [3.63, 3.8) is 0 Å². The minimum Gasteiger partial charge on any atom is -0.300 e. The van der Waals surface area contributed by atoms with Crippen LogP contribution in [0.5, 0.6) is 0 Å². The SMILES string of the molecule is CC1=C(CON)C(=O)N(C)C(=O)C1. The predicted octanol–water partition coefficient (Wildman–Crippen LogP) is -0.418. The Balaban J connectivity index is 2.96. The molecular weight excluding hydrogens is 172 g/mol. The molecule has 5 heteroatoms. The van der Waals surface area contributed by atoms with Crippen LogP contribution in [0.2, 0.25) is 0 Å². The predicted molar refractivity (Wildman–Crippen MR) is 45.2 cm³/mol. The van der Waals surface area contributed by atoms with E-state index >= 15 is 0 Å². The molecule has 0 fully saturated rings. The number of amides is 2. The number of rotatable bonds is 2. The van der Waals surface area contributed by atoms with Gasteiger partial charge in [0.05, 0.1) is 6.61 Å². The van der Waals surface area contributed by atoms with E-state index in [2.05, 4.69) is 4.84 Å². The van der Waals surface area contributed by atoms with Gasteiger partial charge in [0.1, 0.15) is 0 Å². The Morgan fingerprint density at radius 2 is 2.15 bits per heavy atom. The Kier molecular flexibility index (Phi) is 2.79. The molecule has 2 amide bonds. The van der Waals surface area contributed by atoms with Crippen LogP contribution in [-0.4, -0.2) is 30.4 Å². The molecule has 0 atom stereocenters. The van der Waals surface area contributed by atoms with E-state index in [1.54, 1.807) is 6.92 Å². The van der Waals surface area contributed by atoms with Gasteiger partial charge in [-0.25, -0.2) is 5.90 Å². The molecule has 0 aromatic carbocycles. The van der Waals surface area contributed by atoms with Gasteiger partial charge >= 0.3 is 0 Å². The molecule has 0 bridgehead atoms. The summed E-state index contributed by atoms with van der Waals surface area (Å²) < 4.78 is 0. The summed E-state index contributed by atoms with van der Waals surface area (Å²) >= 11 is 0. The Morgan fingerprint density at radius 3 is 2.69 bits per heavy atom. The summed E-state index contributed by atoms with van der Waals surface area (Å²) in [6.45, 7) is 1.79. The second-order valence-corrected chi connectivity index (χ2v) is 3.00. The minimum absolute atomic E-state index is 0.0578. The van der Waals surface area contributed by atoms with Crippen LogP contribution in [-0.2, 0) is 14.4 Å². The zero-order valence-corrected chi connectivity index (χ0v) is 7.66. The summed E-state index contributed by atoms with van der Waals surface area (Å²) in [5, 5.41) is 0. The molecule has 0 radical (unpaired) electrons. The van der Waals surface area contributed by atoms with Crippen molar-refractivity contribution in [2.75, 3.05) is 13.7 Å². The van der Waals surface area contributed by atoms with Gasteiger partial charge in [0, 0.05) is 19.0 Å². The van der Waals surface area contributed by atoms with E-state index in [0.717, 1.165) is 10.5 Å². The van der Waals surface area contributed by atoms with E-state index in [0.29, 0.717) is 5.57 Å². The standard InChI is InChI=1S/C8H12N2O3/c1-5-3-7(11)10(2)8(12)6(5)4-13-9/h3-4,9H2,1-2H3. The smallest absolute Gasteiger partial charge is 0.258 e. The summed E-state index contributed by atoms with van der Waals surface area (Å²) in [5.41, 5.74) is 1.21. The molecule has 13 heavy (non-hydrogen) atoms. The highest BCUT2D eigenvalue weighted by atomic mass is 16.6. The molecule has 1 aliphatic rings. The van der Waals surface area contributed by atoms with Gasteiger partial charge in [0.15, 0.2) is 0 Å². The van der Waals surface area contributed by atoms with Crippen molar-refractivity contribution in [3.05, 3.63) is 11.1 Å². The first-order chi connectivity index (χ1) is 6.07. The Morgan fingerprint density at radius 1 is 1.54 bits per heavy atom. The zero-order valence-electron chi connectivity index (χ0n) is 7.66. The lowest BCUT2D eigenvalue weighted by Crippen LogP contribution is -2.39. The van der Waals surface area contributed by atoms with Crippen LogP contribution in [0.1, 0.15) is 13.3 Å². The van der Waals surface area contributed by atoms with Crippen LogP contribution in [0.3, 0.4) is 0 Å². The van der Waals surface area contributed by atoms with Gasteiger partial charge in [-0.2, -0.15) is 0 Å². The topological polar surface area (TPSA) is 72.6 Å². The number of carbonyl (C=O) groups excluding carboxylic acids is 2. The van der Waals surface area contributed by atoms with Gasteiger partial charge in [-0.3, -0.25) is 19.3 Å². The van der Waals surface area contributed by atoms with E-state index in [1.165, 1.54) is 7.05 Å². The maximum atomic E-state index is 11.4. The van der Waals surface area contributed by atoms with Gasteiger partial charge in [0.25, 0.3) is 5.91 Å². The number of hydrogen-bond acceptors (Lipinski definition) is 4. The molecule has 0 spiro atoms. The van der Waals surface area contributed by atoms with Crippen molar-refractivity contribution in [3.8, 4) is 0 Å². The molecule has 2 N–H and O–H groups in total. The molecule has 1 heterocycles. The number of likely N-dealkylation sites (N-methyl/N-ethyl adjacent to an activating group) is 1. The highest BCUT2D eigenvalue weighted by molar-refractivity contribution is 6.08. The van der Waals surface area contributed by atoms with E-state index in [-0.39, 0.29) is 24.8 Å². The summed E-state index contributed by atoms with van der Waals surface area (Å²) in [6, 6.07) is 0. The highest BCUT2D eigenvalue weighted by Gasteiger charge is 2.28. The first-order valence-corrected chi connectivity index (χ1v) is 3.89. The fourth-order valence-corrected chi connectivity index (χ4v) is 1.22. The molecule has 1 rings (SSSR count). The summed E-state index contributed by atoms with van der Waals surface area (Å²) in [5.74, 6) is 4.36. The van der Waals surface area contributed by atoms with E-state index in [1.807, 2.05) is 0 Å². The van der Waals surface area contributed by atoms with Crippen molar-refractivity contribution in [2.24, 2.45) is 5.90 Å². The van der Waals surface area contributed by atoms with Crippen molar-refractivity contribution in [1.29, 1.82) is 0 Å². The third-order valence-corrected chi connectivity index (χ3v) is 2.10. The second kappa shape index (κ2) is 3.68. The average molecular weight is 184 g/mol. The summed E-state index contributed by atoms with van der Waals surface area (Å²) in [6.07, 6.45) is 0.265. The third-order valence-electron chi connectivity index (χ3n) is 2.10.